The lowest BCUT2D eigenvalue weighted by Gasteiger charge is -2.00. The van der Waals surface area contributed by atoms with E-state index >= 15 is 0 Å². The fraction of sp³-hybridized carbons (Fsp3) is 0.333. The molecule has 0 aromatic carbocycles. The van der Waals surface area contributed by atoms with Crippen molar-refractivity contribution in [1.82, 2.24) is 9.94 Å². The van der Waals surface area contributed by atoms with Crippen LogP contribution in [0.15, 0.2) is 10.9 Å². The van der Waals surface area contributed by atoms with Gasteiger partial charge in [0.15, 0.2) is 0 Å². The van der Waals surface area contributed by atoms with Gasteiger partial charge in [-0.15, -0.1) is 0 Å². The van der Waals surface area contributed by atoms with Crippen molar-refractivity contribution in [3.05, 3.63) is 22.0 Å². The van der Waals surface area contributed by atoms with Gasteiger partial charge in [0.05, 0.1) is 7.11 Å². The molecule has 0 atom stereocenters. The van der Waals surface area contributed by atoms with E-state index in [-0.39, 0.29) is 10.7 Å². The Morgan fingerprint density at radius 3 is 2.82 bits per heavy atom. The second-order valence-corrected chi connectivity index (χ2v) is 2.06. The van der Waals surface area contributed by atoms with Crippen LogP contribution in [0.25, 0.3) is 0 Å². The van der Waals surface area contributed by atoms with Crippen LogP contribution in [0.4, 0.5) is 0 Å². The van der Waals surface area contributed by atoms with Crippen molar-refractivity contribution >= 4 is 0 Å². The summed E-state index contributed by atoms with van der Waals surface area (Å²) in [5.41, 5.74) is -0.148. The molecule has 0 unspecified atom stereocenters. The third-order valence-electron chi connectivity index (χ3n) is 1.26. The van der Waals surface area contributed by atoms with Gasteiger partial charge < -0.3 is 9.94 Å². The number of aryl methyl sites for hydroxylation is 1. The van der Waals surface area contributed by atoms with Gasteiger partial charge in [-0.1, -0.05) is 9.94 Å². The van der Waals surface area contributed by atoms with Gasteiger partial charge in [0.25, 0.3) is 0 Å². The van der Waals surface area contributed by atoms with E-state index in [1.807, 2.05) is 0 Å². The van der Waals surface area contributed by atoms with Crippen LogP contribution in [0.1, 0.15) is 5.56 Å². The molecule has 0 radical (unpaired) electrons. The first-order valence-corrected chi connectivity index (χ1v) is 2.99. The molecule has 0 aliphatic heterocycles. The maximum absolute atomic E-state index is 10.8. The summed E-state index contributed by atoms with van der Waals surface area (Å²) < 4.78 is 4.70. The molecule has 1 heterocycles. The molecule has 0 amide bonds. The predicted molar refractivity (Wildman–Crippen MR) is 37.0 cm³/mol. The monoisotopic (exact) mass is 156 g/mol. The highest BCUT2D eigenvalue weighted by molar-refractivity contribution is 5.15. The summed E-state index contributed by atoms with van der Waals surface area (Å²) in [5.74, 6) is 0.213. The van der Waals surface area contributed by atoms with E-state index in [0.29, 0.717) is 5.56 Å². The summed E-state index contributed by atoms with van der Waals surface area (Å²) in [6.07, 6.45) is 0. The molecule has 1 rings (SSSR count). The summed E-state index contributed by atoms with van der Waals surface area (Å²) in [5, 5.41) is 12.2. The Morgan fingerprint density at radius 2 is 2.36 bits per heavy atom. The molecule has 0 spiro atoms. The zero-order chi connectivity index (χ0) is 8.43. The Bertz CT molecular complexity index is 292. The number of hydrogen-bond acceptors (Lipinski definition) is 4. The largest absolute Gasteiger partial charge is 0.480 e. The minimum Gasteiger partial charge on any atom is -0.480 e. The van der Waals surface area contributed by atoms with Crippen LogP contribution in [-0.2, 0) is 0 Å². The molecule has 0 bridgehead atoms. The number of nitrogens with zero attached hydrogens (tertiary/aromatic N) is 2. The number of aromatic nitrogens is 2. The zero-order valence-electron chi connectivity index (χ0n) is 6.24. The quantitative estimate of drug-likeness (QED) is 0.572. The van der Waals surface area contributed by atoms with E-state index in [0.717, 1.165) is 0 Å². The number of hydrogen-bond donors (Lipinski definition) is 1. The summed E-state index contributed by atoms with van der Waals surface area (Å²) >= 11 is 0. The van der Waals surface area contributed by atoms with Gasteiger partial charge in [0.2, 0.25) is 5.88 Å². The van der Waals surface area contributed by atoms with Crippen LogP contribution in [0.5, 0.6) is 5.88 Å². The van der Waals surface area contributed by atoms with Gasteiger partial charge in [-0.05, 0) is 6.92 Å². The zero-order valence-corrected chi connectivity index (χ0v) is 6.24. The predicted octanol–water partition coefficient (Wildman–Crippen LogP) is -0.202. The first kappa shape index (κ1) is 7.59. The van der Waals surface area contributed by atoms with Crippen molar-refractivity contribution in [3.63, 3.8) is 0 Å². The highest BCUT2D eigenvalue weighted by Crippen LogP contribution is 2.01. The van der Waals surface area contributed by atoms with Crippen molar-refractivity contribution in [2.45, 2.75) is 6.92 Å². The fourth-order valence-corrected chi connectivity index (χ4v) is 0.672. The lowest BCUT2D eigenvalue weighted by molar-refractivity contribution is 0.126. The Hall–Kier alpha value is -1.52. The fourth-order valence-electron chi connectivity index (χ4n) is 0.672. The number of methoxy groups -OCH3 is 1. The Morgan fingerprint density at radius 1 is 1.73 bits per heavy atom. The normalized spacial score (nSPS) is 9.64. The summed E-state index contributed by atoms with van der Waals surface area (Å²) in [6.45, 7) is 1.57. The molecule has 1 aromatic rings. The smallest absolute Gasteiger partial charge is 0.306 e. The van der Waals surface area contributed by atoms with E-state index < -0.39 is 5.56 Å². The van der Waals surface area contributed by atoms with Crippen LogP contribution < -0.4 is 10.3 Å². The van der Waals surface area contributed by atoms with E-state index in [2.05, 4.69) is 5.10 Å². The maximum Gasteiger partial charge on any atom is 0.306 e. The van der Waals surface area contributed by atoms with E-state index in [4.69, 9.17) is 9.94 Å². The molecule has 0 saturated heterocycles. The van der Waals surface area contributed by atoms with Crippen LogP contribution in [0.3, 0.4) is 0 Å². The van der Waals surface area contributed by atoms with Gasteiger partial charge in [-0.2, -0.15) is 0 Å². The van der Waals surface area contributed by atoms with Gasteiger partial charge in [0, 0.05) is 11.6 Å². The SMILES string of the molecule is COc1cc(C)c(=O)n(O)n1. The van der Waals surface area contributed by atoms with Gasteiger partial charge in [-0.3, -0.25) is 4.79 Å². The van der Waals surface area contributed by atoms with E-state index in [1.165, 1.54) is 13.2 Å². The first-order chi connectivity index (χ1) is 5.15. The van der Waals surface area contributed by atoms with Gasteiger partial charge in [0.1, 0.15) is 0 Å². The molecule has 0 fully saturated rings. The second-order valence-electron chi connectivity index (χ2n) is 2.06. The molecule has 60 valence electrons. The van der Waals surface area contributed by atoms with Crippen LogP contribution in [-0.4, -0.2) is 22.3 Å². The minimum absolute atomic E-state index is 0.213. The van der Waals surface area contributed by atoms with E-state index in [1.54, 1.807) is 6.92 Å². The molecule has 5 nitrogen and oxygen atoms in total. The Labute approximate surface area is 62.8 Å². The van der Waals surface area contributed by atoms with Crippen molar-refractivity contribution in [3.8, 4) is 5.88 Å². The summed E-state index contributed by atoms with van der Waals surface area (Å²) in [7, 11) is 1.41. The molecule has 1 N–H and O–H groups in total. The van der Waals surface area contributed by atoms with Crippen molar-refractivity contribution in [2.24, 2.45) is 0 Å². The van der Waals surface area contributed by atoms with Gasteiger partial charge >= 0.3 is 5.56 Å². The van der Waals surface area contributed by atoms with Crippen molar-refractivity contribution in [2.75, 3.05) is 7.11 Å². The lowest BCUT2D eigenvalue weighted by atomic mass is 10.3. The average molecular weight is 156 g/mol. The Balaban J connectivity index is 3.32. The molecule has 5 heteroatoms. The standard InChI is InChI=1S/C6H8N2O3/c1-4-3-5(11-2)7-8(10)6(4)9/h3,10H,1-2H3. The minimum atomic E-state index is -0.536. The van der Waals surface area contributed by atoms with Crippen molar-refractivity contribution < 1.29 is 9.94 Å². The van der Waals surface area contributed by atoms with Crippen LogP contribution in [0.2, 0.25) is 0 Å². The highest BCUT2D eigenvalue weighted by Gasteiger charge is 2.02. The molecule has 0 saturated carbocycles. The van der Waals surface area contributed by atoms with Crippen LogP contribution >= 0.6 is 0 Å². The van der Waals surface area contributed by atoms with Crippen molar-refractivity contribution in [1.29, 1.82) is 0 Å². The van der Waals surface area contributed by atoms with Crippen LogP contribution in [0, 0.1) is 6.92 Å². The Kier molecular flexibility index (Phi) is 1.80. The first-order valence-electron chi connectivity index (χ1n) is 2.99. The van der Waals surface area contributed by atoms with E-state index in [9.17, 15) is 4.79 Å². The highest BCUT2D eigenvalue weighted by atomic mass is 16.5. The molecular formula is C6H8N2O3. The summed E-state index contributed by atoms with van der Waals surface area (Å²) in [4.78, 5) is 11.1. The average Bonchev–Trinajstić information content (AvgIpc) is 1.99. The second kappa shape index (κ2) is 2.61. The molecule has 11 heavy (non-hydrogen) atoms. The number of rotatable bonds is 1. The number of ether oxygens (including phenoxy) is 1. The van der Waals surface area contributed by atoms with Gasteiger partial charge in [-0.25, -0.2) is 0 Å². The molecule has 1 aromatic heterocycles. The topological polar surface area (TPSA) is 64.3 Å². The third-order valence-corrected chi connectivity index (χ3v) is 1.26. The summed E-state index contributed by atoms with van der Waals surface area (Å²) in [6, 6.07) is 1.45. The molecule has 0 aliphatic rings. The lowest BCUT2D eigenvalue weighted by Crippen LogP contribution is -2.22. The maximum atomic E-state index is 10.8. The third kappa shape index (κ3) is 1.31. The molecular weight excluding hydrogens is 148 g/mol. The molecule has 0 aliphatic carbocycles.